The number of aryl methyl sites for hydroxylation is 2. The van der Waals surface area contributed by atoms with Crippen LogP contribution in [0.3, 0.4) is 0 Å². The van der Waals surface area contributed by atoms with Crippen LogP contribution in [-0.4, -0.2) is 33.7 Å². The molecule has 0 unspecified atom stereocenters. The highest BCUT2D eigenvalue weighted by Crippen LogP contribution is 2.30. The molecule has 162 valence electrons. The quantitative estimate of drug-likeness (QED) is 0.521. The standard InChI is InChI=1S/C23H23NO6S/c1-29-21-14-13-19(15-22(21)30-2)31(27,28)24-20-6-4-3-5-17(20)10-7-16-8-11-18(12-9-16)23(25)26/h3-6,8-9,11-15,24H,7,10H2,1-2H3,(H,25,26). The predicted octanol–water partition coefficient (Wildman–Crippen LogP) is 3.99. The first-order valence-electron chi connectivity index (χ1n) is 9.49. The van der Waals surface area contributed by atoms with Gasteiger partial charge in [0.05, 0.1) is 30.4 Å². The normalized spacial score (nSPS) is 11.0. The summed E-state index contributed by atoms with van der Waals surface area (Å²) in [7, 11) is -0.916. The number of nitrogens with one attached hydrogen (secondary N) is 1. The Balaban J connectivity index is 1.79. The van der Waals surface area contributed by atoms with Gasteiger partial charge in [0.1, 0.15) is 0 Å². The highest BCUT2D eigenvalue weighted by atomic mass is 32.2. The SMILES string of the molecule is COc1ccc(S(=O)(=O)Nc2ccccc2CCc2ccc(C(=O)O)cc2)cc1OC. The van der Waals surface area contributed by atoms with Crippen molar-refractivity contribution in [2.24, 2.45) is 0 Å². The lowest BCUT2D eigenvalue weighted by Crippen LogP contribution is -2.14. The first-order valence-corrected chi connectivity index (χ1v) is 11.0. The van der Waals surface area contributed by atoms with E-state index in [1.807, 2.05) is 12.1 Å². The molecule has 2 N–H and O–H groups in total. The second kappa shape index (κ2) is 9.53. The zero-order valence-corrected chi connectivity index (χ0v) is 18.0. The van der Waals surface area contributed by atoms with Crippen LogP contribution in [0.1, 0.15) is 21.5 Å². The Morgan fingerprint density at radius 1 is 0.903 bits per heavy atom. The molecule has 0 radical (unpaired) electrons. The minimum absolute atomic E-state index is 0.0595. The molecule has 0 bridgehead atoms. The lowest BCUT2D eigenvalue weighted by molar-refractivity contribution is 0.0697. The van der Waals surface area contributed by atoms with Gasteiger partial charge < -0.3 is 14.6 Å². The van der Waals surface area contributed by atoms with E-state index in [-0.39, 0.29) is 10.5 Å². The summed E-state index contributed by atoms with van der Waals surface area (Å²) in [5.41, 5.74) is 2.50. The van der Waals surface area contributed by atoms with Gasteiger partial charge in [-0.2, -0.15) is 0 Å². The summed E-state index contributed by atoms with van der Waals surface area (Å²) in [6, 6.07) is 18.2. The molecule has 0 spiro atoms. The van der Waals surface area contributed by atoms with E-state index in [1.165, 1.54) is 26.4 Å². The van der Waals surface area contributed by atoms with Crippen LogP contribution in [0.2, 0.25) is 0 Å². The maximum absolute atomic E-state index is 12.9. The first-order chi connectivity index (χ1) is 14.8. The molecule has 0 aliphatic rings. The van der Waals surface area contributed by atoms with Crippen LogP contribution in [0.4, 0.5) is 5.69 Å². The Bertz CT molecular complexity index is 1170. The maximum atomic E-state index is 12.9. The number of anilines is 1. The number of aromatic carboxylic acids is 1. The summed E-state index contributed by atoms with van der Waals surface area (Å²) in [5.74, 6) is -0.208. The zero-order valence-electron chi connectivity index (χ0n) is 17.2. The van der Waals surface area contributed by atoms with E-state index >= 15 is 0 Å². The topological polar surface area (TPSA) is 102 Å². The van der Waals surface area contributed by atoms with E-state index in [0.717, 1.165) is 11.1 Å². The van der Waals surface area contributed by atoms with Crippen molar-refractivity contribution < 1.29 is 27.8 Å². The average molecular weight is 442 g/mol. The fourth-order valence-corrected chi connectivity index (χ4v) is 4.23. The van der Waals surface area contributed by atoms with Crippen LogP contribution < -0.4 is 14.2 Å². The van der Waals surface area contributed by atoms with Crippen LogP contribution in [0.25, 0.3) is 0 Å². The number of hydrogen-bond acceptors (Lipinski definition) is 5. The van der Waals surface area contributed by atoms with Crippen LogP contribution in [-0.2, 0) is 22.9 Å². The molecule has 0 amide bonds. The van der Waals surface area contributed by atoms with Crippen molar-refractivity contribution in [1.82, 2.24) is 0 Å². The Morgan fingerprint density at radius 3 is 2.23 bits per heavy atom. The fourth-order valence-electron chi connectivity index (χ4n) is 3.12. The number of benzene rings is 3. The van der Waals surface area contributed by atoms with Gasteiger partial charge in [-0.25, -0.2) is 13.2 Å². The Hall–Kier alpha value is -3.52. The summed E-state index contributed by atoms with van der Waals surface area (Å²) in [4.78, 5) is 11.0. The van der Waals surface area contributed by atoms with Crippen LogP contribution in [0.15, 0.2) is 71.6 Å². The second-order valence-electron chi connectivity index (χ2n) is 6.78. The molecule has 3 aromatic carbocycles. The lowest BCUT2D eigenvalue weighted by Gasteiger charge is -2.14. The van der Waals surface area contributed by atoms with Crippen molar-refractivity contribution >= 4 is 21.7 Å². The summed E-state index contributed by atoms with van der Waals surface area (Å²) >= 11 is 0. The first kappa shape index (κ1) is 22.2. The van der Waals surface area contributed by atoms with Gasteiger partial charge in [0.2, 0.25) is 0 Å². The summed E-state index contributed by atoms with van der Waals surface area (Å²) in [6.45, 7) is 0. The summed E-state index contributed by atoms with van der Waals surface area (Å²) in [6.07, 6.45) is 1.21. The monoisotopic (exact) mass is 441 g/mol. The minimum atomic E-state index is -3.84. The van der Waals surface area contributed by atoms with Crippen molar-refractivity contribution in [1.29, 1.82) is 0 Å². The largest absolute Gasteiger partial charge is 0.493 e. The van der Waals surface area contributed by atoms with Crippen LogP contribution in [0, 0.1) is 0 Å². The molecule has 0 aliphatic heterocycles. The molecule has 0 atom stereocenters. The Kier molecular flexibility index (Phi) is 6.81. The third kappa shape index (κ3) is 5.35. The van der Waals surface area contributed by atoms with Crippen molar-refractivity contribution in [3.8, 4) is 11.5 Å². The molecule has 8 heteroatoms. The van der Waals surface area contributed by atoms with Crippen LogP contribution in [0.5, 0.6) is 11.5 Å². The minimum Gasteiger partial charge on any atom is -0.493 e. The van der Waals surface area contributed by atoms with Gasteiger partial charge in [-0.1, -0.05) is 30.3 Å². The highest BCUT2D eigenvalue weighted by Gasteiger charge is 2.18. The van der Waals surface area contributed by atoms with Gasteiger partial charge in [-0.3, -0.25) is 4.72 Å². The number of hydrogen-bond donors (Lipinski definition) is 2. The maximum Gasteiger partial charge on any atom is 0.335 e. The highest BCUT2D eigenvalue weighted by molar-refractivity contribution is 7.92. The number of rotatable bonds is 9. The molecular weight excluding hydrogens is 418 g/mol. The van der Waals surface area contributed by atoms with E-state index < -0.39 is 16.0 Å². The Morgan fingerprint density at radius 2 is 1.58 bits per heavy atom. The fraction of sp³-hybridized carbons (Fsp3) is 0.174. The molecule has 7 nitrogen and oxygen atoms in total. The van der Waals surface area contributed by atoms with Crippen molar-refractivity contribution in [2.45, 2.75) is 17.7 Å². The molecular formula is C23H23NO6S. The van der Waals surface area contributed by atoms with E-state index in [2.05, 4.69) is 4.72 Å². The van der Waals surface area contributed by atoms with Gasteiger partial charge in [-0.05, 0) is 54.3 Å². The third-order valence-electron chi connectivity index (χ3n) is 4.81. The smallest absolute Gasteiger partial charge is 0.335 e. The number of methoxy groups -OCH3 is 2. The van der Waals surface area contributed by atoms with Crippen LogP contribution >= 0.6 is 0 Å². The Labute approximate surface area is 181 Å². The van der Waals surface area contributed by atoms with Gasteiger partial charge in [0.15, 0.2) is 11.5 Å². The number of carboxylic acids is 1. The van der Waals surface area contributed by atoms with Gasteiger partial charge in [0.25, 0.3) is 10.0 Å². The molecule has 3 rings (SSSR count). The molecule has 0 aliphatic carbocycles. The zero-order chi connectivity index (χ0) is 22.4. The average Bonchev–Trinajstić information content (AvgIpc) is 2.78. The number of ether oxygens (including phenoxy) is 2. The predicted molar refractivity (Wildman–Crippen MR) is 118 cm³/mol. The second-order valence-corrected chi connectivity index (χ2v) is 8.46. The molecule has 0 heterocycles. The van der Waals surface area contributed by atoms with E-state index in [1.54, 1.807) is 42.5 Å². The third-order valence-corrected chi connectivity index (χ3v) is 6.17. The number of para-hydroxylation sites is 1. The molecule has 31 heavy (non-hydrogen) atoms. The molecule has 0 saturated carbocycles. The van der Waals surface area contributed by atoms with Gasteiger partial charge >= 0.3 is 5.97 Å². The lowest BCUT2D eigenvalue weighted by atomic mass is 10.0. The number of sulfonamides is 1. The summed E-state index contributed by atoms with van der Waals surface area (Å²) < 4.78 is 38.9. The molecule has 0 aromatic heterocycles. The van der Waals surface area contributed by atoms with Crippen molar-refractivity contribution in [3.63, 3.8) is 0 Å². The van der Waals surface area contributed by atoms with Gasteiger partial charge in [-0.15, -0.1) is 0 Å². The van der Waals surface area contributed by atoms with Gasteiger partial charge in [0, 0.05) is 6.07 Å². The number of carboxylic acid groups (broad SMARTS) is 1. The van der Waals surface area contributed by atoms with E-state index in [0.29, 0.717) is 30.0 Å². The van der Waals surface area contributed by atoms with E-state index in [9.17, 15) is 13.2 Å². The number of carbonyl (C=O) groups is 1. The van der Waals surface area contributed by atoms with Crippen molar-refractivity contribution in [3.05, 3.63) is 83.4 Å². The summed E-state index contributed by atoms with van der Waals surface area (Å²) in [5, 5.41) is 9.00. The molecule has 0 saturated heterocycles. The van der Waals surface area contributed by atoms with Crippen molar-refractivity contribution in [2.75, 3.05) is 18.9 Å². The van der Waals surface area contributed by atoms with E-state index in [4.69, 9.17) is 14.6 Å². The molecule has 0 fully saturated rings. The molecule has 3 aromatic rings.